The van der Waals surface area contributed by atoms with E-state index in [0.29, 0.717) is 28.4 Å². The summed E-state index contributed by atoms with van der Waals surface area (Å²) in [6.45, 7) is 1.88. The molecule has 2 heterocycles. The second kappa shape index (κ2) is 3.13. The number of rotatable bonds is 1. The maximum Gasteiger partial charge on any atom is 0.264 e. The molecule has 0 saturated heterocycles. The fourth-order valence-electron chi connectivity index (χ4n) is 1.62. The first-order valence-electron chi connectivity index (χ1n) is 4.96. The number of hydrogen-bond donors (Lipinski definition) is 1. The van der Waals surface area contributed by atoms with Crippen LogP contribution in [-0.4, -0.2) is 4.98 Å². The number of hydrogen-bond acceptors (Lipinski definition) is 4. The van der Waals surface area contributed by atoms with Gasteiger partial charge >= 0.3 is 0 Å². The molecular formula is C12H10N2O2. The zero-order valence-corrected chi connectivity index (χ0v) is 8.73. The van der Waals surface area contributed by atoms with Crippen LogP contribution in [-0.2, 0) is 0 Å². The van der Waals surface area contributed by atoms with Gasteiger partial charge in [0.05, 0.1) is 5.69 Å². The molecule has 0 atom stereocenters. The topological polar surface area (TPSA) is 65.2 Å². The van der Waals surface area contributed by atoms with Gasteiger partial charge in [0.1, 0.15) is 11.3 Å². The van der Waals surface area contributed by atoms with E-state index < -0.39 is 0 Å². The molecule has 80 valence electrons. The highest BCUT2D eigenvalue weighted by atomic mass is 16.4. The Labute approximate surface area is 91.7 Å². The van der Waals surface area contributed by atoms with Crippen LogP contribution in [0.1, 0.15) is 5.76 Å². The Hall–Kier alpha value is -2.23. The summed E-state index contributed by atoms with van der Waals surface area (Å²) in [5.41, 5.74) is 7.75. The molecule has 0 aliphatic carbocycles. The minimum absolute atomic E-state index is 0.459. The molecule has 2 aromatic heterocycles. The number of nitrogens with two attached hydrogens (primary N) is 1. The molecule has 0 bridgehead atoms. The number of nitrogen functional groups attached to an aromatic ring is 1. The maximum absolute atomic E-state index is 5.80. The lowest BCUT2D eigenvalue weighted by atomic mass is 10.3. The summed E-state index contributed by atoms with van der Waals surface area (Å²) >= 11 is 0. The first kappa shape index (κ1) is 9.03. The van der Waals surface area contributed by atoms with Crippen LogP contribution in [0, 0.1) is 6.92 Å². The Balaban J connectivity index is 2.22. The van der Waals surface area contributed by atoms with Crippen molar-refractivity contribution in [2.75, 3.05) is 5.73 Å². The number of aromatic nitrogens is 1. The lowest BCUT2D eigenvalue weighted by molar-refractivity contribution is 0.513. The first-order chi connectivity index (χ1) is 7.74. The van der Waals surface area contributed by atoms with E-state index in [1.54, 1.807) is 6.07 Å². The average Bonchev–Trinajstić information content (AvgIpc) is 2.84. The summed E-state index contributed by atoms with van der Waals surface area (Å²) in [4.78, 5) is 4.31. The third-order valence-corrected chi connectivity index (χ3v) is 2.40. The van der Waals surface area contributed by atoms with Crippen molar-refractivity contribution in [3.63, 3.8) is 0 Å². The molecule has 0 aliphatic heterocycles. The van der Waals surface area contributed by atoms with Crippen molar-refractivity contribution >= 4 is 16.8 Å². The van der Waals surface area contributed by atoms with Gasteiger partial charge in [0.15, 0.2) is 11.3 Å². The van der Waals surface area contributed by atoms with Gasteiger partial charge < -0.3 is 14.6 Å². The molecule has 4 nitrogen and oxygen atoms in total. The summed E-state index contributed by atoms with van der Waals surface area (Å²) in [6.07, 6.45) is 0. The Morgan fingerprint density at radius 2 is 2.00 bits per heavy atom. The van der Waals surface area contributed by atoms with Gasteiger partial charge in [0.2, 0.25) is 0 Å². The van der Waals surface area contributed by atoms with E-state index in [2.05, 4.69) is 4.98 Å². The number of fused-ring (bicyclic) bond motifs is 1. The third kappa shape index (κ3) is 1.27. The third-order valence-electron chi connectivity index (χ3n) is 2.40. The number of para-hydroxylation sites is 1. The van der Waals surface area contributed by atoms with Crippen LogP contribution >= 0.6 is 0 Å². The number of oxazole rings is 1. The highest BCUT2D eigenvalue weighted by molar-refractivity contribution is 5.86. The van der Waals surface area contributed by atoms with Crippen molar-refractivity contribution in [2.45, 2.75) is 6.92 Å². The summed E-state index contributed by atoms with van der Waals surface area (Å²) in [5, 5.41) is 0. The quantitative estimate of drug-likeness (QED) is 0.632. The molecule has 3 rings (SSSR count). The number of anilines is 1. The van der Waals surface area contributed by atoms with Gasteiger partial charge in [-0.3, -0.25) is 0 Å². The monoisotopic (exact) mass is 214 g/mol. The van der Waals surface area contributed by atoms with Gasteiger partial charge in [-0.05, 0) is 31.2 Å². The molecule has 3 aromatic rings. The molecule has 0 aliphatic rings. The molecule has 0 saturated carbocycles. The average molecular weight is 214 g/mol. The normalized spacial score (nSPS) is 11.1. The fourth-order valence-corrected chi connectivity index (χ4v) is 1.62. The van der Waals surface area contributed by atoms with Crippen molar-refractivity contribution in [3.8, 4) is 11.7 Å². The summed E-state index contributed by atoms with van der Waals surface area (Å²) < 4.78 is 11.0. The lowest BCUT2D eigenvalue weighted by Crippen LogP contribution is -1.84. The zero-order chi connectivity index (χ0) is 11.1. The first-order valence-corrected chi connectivity index (χ1v) is 4.96. The van der Waals surface area contributed by atoms with Crippen LogP contribution in [0.15, 0.2) is 39.2 Å². The highest BCUT2D eigenvalue weighted by Gasteiger charge is 2.12. The van der Waals surface area contributed by atoms with Gasteiger partial charge in [-0.25, -0.2) is 4.98 Å². The molecular weight excluding hydrogens is 204 g/mol. The minimum Gasteiger partial charge on any atom is -0.456 e. The highest BCUT2D eigenvalue weighted by Crippen LogP contribution is 2.28. The summed E-state index contributed by atoms with van der Waals surface area (Å²) in [6, 6.07) is 9.16. The van der Waals surface area contributed by atoms with Crippen LogP contribution < -0.4 is 5.73 Å². The molecule has 2 N–H and O–H groups in total. The van der Waals surface area contributed by atoms with Crippen molar-refractivity contribution in [2.24, 2.45) is 0 Å². The fraction of sp³-hybridized carbons (Fsp3) is 0.0833. The molecule has 0 fully saturated rings. The SMILES string of the molecule is Cc1ccc(-c2nc3c(N)cccc3o2)o1. The Bertz CT molecular complexity index is 652. The molecule has 0 amide bonds. The Morgan fingerprint density at radius 1 is 1.12 bits per heavy atom. The molecule has 1 aromatic carbocycles. The van der Waals surface area contributed by atoms with Gasteiger partial charge in [-0.15, -0.1) is 0 Å². The molecule has 0 radical (unpaired) electrons. The van der Waals surface area contributed by atoms with Gasteiger partial charge in [0.25, 0.3) is 5.89 Å². The van der Waals surface area contributed by atoms with Crippen molar-refractivity contribution in [1.82, 2.24) is 4.98 Å². The van der Waals surface area contributed by atoms with Gasteiger partial charge in [0, 0.05) is 0 Å². The lowest BCUT2D eigenvalue weighted by Gasteiger charge is -1.89. The number of aryl methyl sites for hydroxylation is 1. The van der Waals surface area contributed by atoms with E-state index in [0.717, 1.165) is 5.76 Å². The molecule has 0 unspecified atom stereocenters. The van der Waals surface area contributed by atoms with Crippen LogP contribution in [0.2, 0.25) is 0 Å². The second-order valence-corrected chi connectivity index (χ2v) is 3.62. The van der Waals surface area contributed by atoms with Crippen molar-refractivity contribution in [3.05, 3.63) is 36.1 Å². The van der Waals surface area contributed by atoms with E-state index in [1.165, 1.54) is 0 Å². The van der Waals surface area contributed by atoms with Crippen LogP contribution in [0.4, 0.5) is 5.69 Å². The van der Waals surface area contributed by atoms with Crippen LogP contribution in [0.25, 0.3) is 22.8 Å². The number of furan rings is 1. The van der Waals surface area contributed by atoms with Crippen molar-refractivity contribution in [1.29, 1.82) is 0 Å². The zero-order valence-electron chi connectivity index (χ0n) is 8.73. The summed E-state index contributed by atoms with van der Waals surface area (Å²) in [5.74, 6) is 1.90. The predicted octanol–water partition coefficient (Wildman–Crippen LogP) is 2.98. The van der Waals surface area contributed by atoms with Gasteiger partial charge in [-0.1, -0.05) is 6.07 Å². The molecule has 16 heavy (non-hydrogen) atoms. The standard InChI is InChI=1S/C12H10N2O2/c1-7-5-6-10(15-7)12-14-11-8(13)3-2-4-9(11)16-12/h2-6H,13H2,1H3. The predicted molar refractivity (Wildman–Crippen MR) is 60.9 cm³/mol. The Morgan fingerprint density at radius 3 is 2.69 bits per heavy atom. The number of benzene rings is 1. The smallest absolute Gasteiger partial charge is 0.264 e. The van der Waals surface area contributed by atoms with Crippen molar-refractivity contribution < 1.29 is 8.83 Å². The maximum atomic E-state index is 5.80. The van der Waals surface area contributed by atoms with Gasteiger partial charge in [-0.2, -0.15) is 0 Å². The largest absolute Gasteiger partial charge is 0.456 e. The van der Waals surface area contributed by atoms with Crippen LogP contribution in [0.5, 0.6) is 0 Å². The summed E-state index contributed by atoms with van der Waals surface area (Å²) in [7, 11) is 0. The molecule has 4 heteroatoms. The van der Waals surface area contributed by atoms with E-state index in [-0.39, 0.29) is 0 Å². The minimum atomic E-state index is 0.459. The van der Waals surface area contributed by atoms with Crippen LogP contribution in [0.3, 0.4) is 0 Å². The van der Waals surface area contributed by atoms with E-state index in [9.17, 15) is 0 Å². The van der Waals surface area contributed by atoms with E-state index in [4.69, 9.17) is 14.6 Å². The number of nitrogens with zero attached hydrogens (tertiary/aromatic N) is 1. The van der Waals surface area contributed by atoms with E-state index >= 15 is 0 Å². The Kier molecular flexibility index (Phi) is 1.77. The van der Waals surface area contributed by atoms with E-state index in [1.807, 2.05) is 31.2 Å². The molecule has 0 spiro atoms. The second-order valence-electron chi connectivity index (χ2n) is 3.62.